The van der Waals surface area contributed by atoms with Gasteiger partial charge in [-0.25, -0.2) is 4.39 Å². The van der Waals surface area contributed by atoms with Crippen LogP contribution in [0, 0.1) is 5.82 Å². The van der Waals surface area contributed by atoms with Crippen molar-refractivity contribution in [3.8, 4) is 0 Å². The van der Waals surface area contributed by atoms with Crippen molar-refractivity contribution in [3.05, 3.63) is 47.5 Å². The molecular formula is C19H29FIN5S. The van der Waals surface area contributed by atoms with Crippen LogP contribution in [0.1, 0.15) is 31.0 Å². The minimum atomic E-state index is -0.170. The molecule has 0 saturated carbocycles. The quantitative estimate of drug-likeness (QED) is 0.202. The van der Waals surface area contributed by atoms with Gasteiger partial charge in [-0.2, -0.15) is 5.10 Å². The Balaban J connectivity index is 0.00000364. The first-order chi connectivity index (χ1) is 12.4. The molecule has 1 N–H and O–H groups in total. The first-order valence-electron chi connectivity index (χ1n) is 8.74. The molecule has 1 heterocycles. The summed E-state index contributed by atoms with van der Waals surface area (Å²) >= 11 is 1.50. The zero-order valence-electron chi connectivity index (χ0n) is 16.6. The Morgan fingerprint density at radius 3 is 2.70 bits per heavy atom. The Bertz CT molecular complexity index is 747. The maximum atomic E-state index is 13.6. The molecule has 0 spiro atoms. The molecule has 0 fully saturated rings. The average Bonchev–Trinajstić information content (AvgIpc) is 2.97. The van der Waals surface area contributed by atoms with Crippen LogP contribution in [0.5, 0.6) is 0 Å². The second-order valence-corrected chi connectivity index (χ2v) is 7.61. The Morgan fingerprint density at radius 2 is 2.07 bits per heavy atom. The summed E-state index contributed by atoms with van der Waals surface area (Å²) in [5, 5.41) is 7.90. The van der Waals surface area contributed by atoms with E-state index in [1.807, 2.05) is 24.8 Å². The lowest BCUT2D eigenvalue weighted by Crippen LogP contribution is -2.39. The van der Waals surface area contributed by atoms with Crippen molar-refractivity contribution >= 4 is 41.7 Å². The third kappa shape index (κ3) is 6.99. The number of thioether (sulfide) groups is 1. The summed E-state index contributed by atoms with van der Waals surface area (Å²) < 4.78 is 15.5. The molecule has 1 aromatic heterocycles. The number of guanidine groups is 1. The molecule has 150 valence electrons. The molecule has 1 aromatic carbocycles. The van der Waals surface area contributed by atoms with E-state index in [2.05, 4.69) is 40.4 Å². The summed E-state index contributed by atoms with van der Waals surface area (Å²) in [5.74, 6) is 1.79. The summed E-state index contributed by atoms with van der Waals surface area (Å²) in [6.07, 6.45) is 2.06. The minimum Gasteiger partial charge on any atom is -0.355 e. The van der Waals surface area contributed by atoms with Gasteiger partial charge in [-0.15, -0.1) is 35.7 Å². The lowest BCUT2D eigenvalue weighted by Gasteiger charge is -2.22. The van der Waals surface area contributed by atoms with Crippen molar-refractivity contribution in [1.82, 2.24) is 20.0 Å². The maximum absolute atomic E-state index is 13.6. The topological polar surface area (TPSA) is 45.5 Å². The molecule has 8 heteroatoms. The van der Waals surface area contributed by atoms with Crippen LogP contribution in [0.15, 0.2) is 40.4 Å². The molecule has 0 radical (unpaired) electrons. The number of benzene rings is 1. The van der Waals surface area contributed by atoms with Crippen molar-refractivity contribution in [3.63, 3.8) is 0 Å². The zero-order valence-corrected chi connectivity index (χ0v) is 19.7. The van der Waals surface area contributed by atoms with Crippen LogP contribution in [0.2, 0.25) is 0 Å². The van der Waals surface area contributed by atoms with Crippen LogP contribution in [0.3, 0.4) is 0 Å². The van der Waals surface area contributed by atoms with E-state index in [0.29, 0.717) is 17.4 Å². The monoisotopic (exact) mass is 505 g/mol. The van der Waals surface area contributed by atoms with E-state index in [1.54, 1.807) is 19.2 Å². The van der Waals surface area contributed by atoms with E-state index >= 15 is 0 Å². The van der Waals surface area contributed by atoms with E-state index in [0.717, 1.165) is 24.0 Å². The Morgan fingerprint density at radius 1 is 1.37 bits per heavy atom. The highest BCUT2D eigenvalue weighted by molar-refractivity contribution is 14.0. The number of hydrogen-bond acceptors (Lipinski definition) is 3. The third-order valence-corrected chi connectivity index (χ3v) is 4.99. The van der Waals surface area contributed by atoms with Gasteiger partial charge in [0, 0.05) is 56.6 Å². The summed E-state index contributed by atoms with van der Waals surface area (Å²) in [4.78, 5) is 7.10. The van der Waals surface area contributed by atoms with E-state index in [1.165, 1.54) is 23.4 Å². The molecule has 0 aliphatic rings. The van der Waals surface area contributed by atoms with Crippen molar-refractivity contribution in [1.29, 1.82) is 0 Å². The fourth-order valence-corrected chi connectivity index (χ4v) is 3.57. The van der Waals surface area contributed by atoms with Crippen molar-refractivity contribution < 1.29 is 4.39 Å². The fraction of sp³-hybridized carbons (Fsp3) is 0.474. The maximum Gasteiger partial charge on any atom is 0.193 e. The second kappa shape index (κ2) is 11.5. The molecule has 2 aromatic rings. The summed E-state index contributed by atoms with van der Waals surface area (Å²) in [7, 11) is 5.73. The molecule has 27 heavy (non-hydrogen) atoms. The molecular weight excluding hydrogens is 476 g/mol. The number of nitrogens with one attached hydrogen (secondary N) is 1. The van der Waals surface area contributed by atoms with Gasteiger partial charge in [0.2, 0.25) is 0 Å². The fourth-order valence-electron chi connectivity index (χ4n) is 2.76. The number of nitrogens with zero attached hydrogens (tertiary/aromatic N) is 4. The van der Waals surface area contributed by atoms with Gasteiger partial charge >= 0.3 is 0 Å². The number of aryl methyl sites for hydroxylation is 1. The van der Waals surface area contributed by atoms with Crippen LogP contribution in [-0.2, 0) is 13.6 Å². The van der Waals surface area contributed by atoms with E-state index < -0.39 is 0 Å². The molecule has 0 amide bonds. The second-order valence-electron chi connectivity index (χ2n) is 6.48. The summed E-state index contributed by atoms with van der Waals surface area (Å²) in [6, 6.07) is 6.85. The molecule has 0 atom stereocenters. The largest absolute Gasteiger partial charge is 0.355 e. The molecule has 0 aliphatic carbocycles. The molecule has 5 nitrogen and oxygen atoms in total. The van der Waals surface area contributed by atoms with E-state index in [-0.39, 0.29) is 29.8 Å². The Labute approximate surface area is 182 Å². The Hall–Kier alpha value is -1.29. The first kappa shape index (κ1) is 23.7. The highest BCUT2D eigenvalue weighted by atomic mass is 127. The molecule has 2 rings (SSSR count). The smallest absolute Gasteiger partial charge is 0.193 e. The highest BCUT2D eigenvalue weighted by Gasteiger charge is 2.15. The van der Waals surface area contributed by atoms with Gasteiger partial charge in [0.15, 0.2) is 5.96 Å². The van der Waals surface area contributed by atoms with Gasteiger partial charge in [0.1, 0.15) is 5.82 Å². The van der Waals surface area contributed by atoms with E-state index in [4.69, 9.17) is 0 Å². The van der Waals surface area contributed by atoms with Crippen LogP contribution >= 0.6 is 35.7 Å². The van der Waals surface area contributed by atoms with Gasteiger partial charge in [0.05, 0.1) is 5.69 Å². The van der Waals surface area contributed by atoms with Crippen molar-refractivity contribution in [2.24, 2.45) is 12.0 Å². The number of halogens is 2. The lowest BCUT2D eigenvalue weighted by atomic mass is 10.1. The number of aromatic nitrogens is 2. The zero-order chi connectivity index (χ0) is 19.1. The van der Waals surface area contributed by atoms with Crippen LogP contribution in [-0.4, -0.2) is 47.0 Å². The number of rotatable bonds is 7. The predicted molar refractivity (Wildman–Crippen MR) is 123 cm³/mol. The van der Waals surface area contributed by atoms with Crippen LogP contribution < -0.4 is 5.32 Å². The predicted octanol–water partition coefficient (Wildman–Crippen LogP) is 4.10. The highest BCUT2D eigenvalue weighted by Crippen LogP contribution is 2.20. The van der Waals surface area contributed by atoms with Gasteiger partial charge in [0.25, 0.3) is 0 Å². The van der Waals surface area contributed by atoms with Crippen LogP contribution in [0.4, 0.5) is 4.39 Å². The molecule has 0 aliphatic heterocycles. The molecule has 0 bridgehead atoms. The summed E-state index contributed by atoms with van der Waals surface area (Å²) in [6.45, 7) is 5.75. The average molecular weight is 505 g/mol. The summed E-state index contributed by atoms with van der Waals surface area (Å²) in [5.41, 5.74) is 2.32. The standard InChI is InChI=1S/C19H28FN5S.HI/c1-14(2)18-15(13-25(5)23-18)12-24(4)19(21-3)22-10-11-26-17-9-7-6-8-16(17)20;/h6-9,13-14H,10-12H2,1-5H3,(H,21,22);1H. The number of aliphatic imine (C=N–C) groups is 1. The first-order valence-corrected chi connectivity index (χ1v) is 9.72. The van der Waals surface area contributed by atoms with Crippen molar-refractivity contribution in [2.75, 3.05) is 26.4 Å². The normalized spacial score (nSPS) is 11.4. The molecule has 0 unspecified atom stereocenters. The Kier molecular flexibility index (Phi) is 10.1. The van der Waals surface area contributed by atoms with Gasteiger partial charge < -0.3 is 10.2 Å². The van der Waals surface area contributed by atoms with Gasteiger partial charge in [-0.1, -0.05) is 26.0 Å². The lowest BCUT2D eigenvalue weighted by molar-refractivity contribution is 0.475. The number of hydrogen-bond donors (Lipinski definition) is 1. The van der Waals surface area contributed by atoms with Gasteiger partial charge in [-0.05, 0) is 18.1 Å². The van der Waals surface area contributed by atoms with Gasteiger partial charge in [-0.3, -0.25) is 9.67 Å². The van der Waals surface area contributed by atoms with Crippen molar-refractivity contribution in [2.45, 2.75) is 31.2 Å². The third-order valence-electron chi connectivity index (χ3n) is 3.94. The minimum absolute atomic E-state index is 0. The van der Waals surface area contributed by atoms with Crippen LogP contribution in [0.25, 0.3) is 0 Å². The molecule has 0 saturated heterocycles. The SMILES string of the molecule is CN=C(NCCSc1ccccc1F)N(C)Cc1cn(C)nc1C(C)C.I. The van der Waals surface area contributed by atoms with E-state index in [9.17, 15) is 4.39 Å².